The fraction of sp³-hybridized carbons (Fsp3) is 0.353. The zero-order chi connectivity index (χ0) is 14.7. The third kappa shape index (κ3) is 3.16. The summed E-state index contributed by atoms with van der Waals surface area (Å²) in [6.45, 7) is 1.48. The van der Waals surface area contributed by atoms with Crippen LogP contribution in [0.2, 0.25) is 0 Å². The molecule has 2 heterocycles. The van der Waals surface area contributed by atoms with E-state index in [0.717, 1.165) is 25.1 Å². The number of nitrogens with zero attached hydrogens (tertiary/aromatic N) is 2. The highest BCUT2D eigenvalue weighted by Crippen LogP contribution is 2.15. The molecule has 1 aromatic carbocycles. The van der Waals surface area contributed by atoms with Gasteiger partial charge < -0.3 is 14.2 Å². The average Bonchev–Trinajstić information content (AvgIpc) is 3.20. The molecule has 3 rings (SSSR count). The number of rotatable bonds is 4. The Morgan fingerprint density at radius 2 is 2.00 bits per heavy atom. The summed E-state index contributed by atoms with van der Waals surface area (Å²) in [4.78, 5) is 14.1. The van der Waals surface area contributed by atoms with Crippen molar-refractivity contribution in [1.29, 1.82) is 0 Å². The average molecular weight is 284 g/mol. The molecule has 1 fully saturated rings. The van der Waals surface area contributed by atoms with E-state index in [2.05, 4.69) is 0 Å². The second-order valence-corrected chi connectivity index (χ2v) is 5.46. The van der Waals surface area contributed by atoms with Gasteiger partial charge in [-0.25, -0.2) is 0 Å². The van der Waals surface area contributed by atoms with Crippen molar-refractivity contribution in [3.8, 4) is 5.69 Å². The van der Waals surface area contributed by atoms with Gasteiger partial charge in [-0.1, -0.05) is 0 Å². The van der Waals surface area contributed by atoms with Crippen LogP contribution in [0.4, 0.5) is 0 Å². The summed E-state index contributed by atoms with van der Waals surface area (Å²) in [6.07, 6.45) is 6.31. The van der Waals surface area contributed by atoms with E-state index < -0.39 is 0 Å². The Morgan fingerprint density at radius 1 is 1.29 bits per heavy atom. The summed E-state index contributed by atoms with van der Waals surface area (Å²) in [7, 11) is 1.84. The first-order valence-corrected chi connectivity index (χ1v) is 7.34. The van der Waals surface area contributed by atoms with Gasteiger partial charge in [0.1, 0.15) is 0 Å². The van der Waals surface area contributed by atoms with Gasteiger partial charge in [-0.2, -0.15) is 0 Å². The third-order valence-electron chi connectivity index (χ3n) is 3.87. The Bertz CT molecular complexity index is 584. The standard InChI is InChI=1S/C17H20N2O2/c1-18(13-16-5-4-12-21-16)17(20)14-6-8-15(9-7-14)19-10-2-3-11-19/h2-3,6-11,16H,4-5,12-13H2,1H3. The van der Waals surface area contributed by atoms with Gasteiger partial charge in [0.05, 0.1) is 6.10 Å². The van der Waals surface area contributed by atoms with E-state index in [0.29, 0.717) is 12.1 Å². The number of amides is 1. The number of likely N-dealkylation sites (N-methyl/N-ethyl adjacent to an activating group) is 1. The molecule has 1 aromatic heterocycles. The van der Waals surface area contributed by atoms with Crippen LogP contribution in [0.15, 0.2) is 48.8 Å². The van der Waals surface area contributed by atoms with Crippen molar-refractivity contribution in [3.05, 3.63) is 54.4 Å². The van der Waals surface area contributed by atoms with Gasteiger partial charge in [-0.15, -0.1) is 0 Å². The van der Waals surface area contributed by atoms with Crippen LogP contribution in [0, 0.1) is 0 Å². The molecule has 1 aliphatic heterocycles. The van der Waals surface area contributed by atoms with Crippen LogP contribution in [0.1, 0.15) is 23.2 Å². The predicted octanol–water partition coefficient (Wildman–Crippen LogP) is 2.73. The molecule has 1 saturated heterocycles. The summed E-state index contributed by atoms with van der Waals surface area (Å²) < 4.78 is 7.60. The number of carbonyl (C=O) groups is 1. The Balaban J connectivity index is 1.66. The van der Waals surface area contributed by atoms with Crippen LogP contribution in [-0.4, -0.2) is 41.7 Å². The van der Waals surface area contributed by atoms with Crippen LogP contribution in [0.25, 0.3) is 5.69 Å². The molecule has 0 spiro atoms. The molecule has 0 N–H and O–H groups in total. The largest absolute Gasteiger partial charge is 0.376 e. The van der Waals surface area contributed by atoms with Crippen molar-refractivity contribution in [2.75, 3.05) is 20.2 Å². The van der Waals surface area contributed by atoms with Crippen molar-refractivity contribution in [1.82, 2.24) is 9.47 Å². The SMILES string of the molecule is CN(CC1CCCO1)C(=O)c1ccc(-n2cccc2)cc1. The molecular weight excluding hydrogens is 264 g/mol. The van der Waals surface area contributed by atoms with Crippen LogP contribution in [0.5, 0.6) is 0 Å². The van der Waals surface area contributed by atoms with Crippen LogP contribution < -0.4 is 0 Å². The summed E-state index contributed by atoms with van der Waals surface area (Å²) >= 11 is 0. The summed E-state index contributed by atoms with van der Waals surface area (Å²) in [5.41, 5.74) is 1.77. The lowest BCUT2D eigenvalue weighted by molar-refractivity contribution is 0.0587. The molecule has 1 unspecified atom stereocenters. The molecule has 110 valence electrons. The monoisotopic (exact) mass is 284 g/mol. The quantitative estimate of drug-likeness (QED) is 0.865. The van der Waals surface area contributed by atoms with E-state index >= 15 is 0 Å². The molecular formula is C17H20N2O2. The molecule has 1 atom stereocenters. The molecule has 0 aliphatic carbocycles. The van der Waals surface area contributed by atoms with Crippen molar-refractivity contribution in [2.24, 2.45) is 0 Å². The molecule has 1 amide bonds. The van der Waals surface area contributed by atoms with Gasteiger partial charge in [0, 0.05) is 43.8 Å². The van der Waals surface area contributed by atoms with E-state index in [1.54, 1.807) is 4.90 Å². The molecule has 4 nitrogen and oxygen atoms in total. The van der Waals surface area contributed by atoms with Crippen LogP contribution in [0.3, 0.4) is 0 Å². The van der Waals surface area contributed by atoms with Gasteiger partial charge in [0.25, 0.3) is 5.91 Å². The van der Waals surface area contributed by atoms with Gasteiger partial charge in [0.15, 0.2) is 0 Å². The first-order valence-electron chi connectivity index (χ1n) is 7.34. The number of carbonyl (C=O) groups excluding carboxylic acids is 1. The van der Waals surface area contributed by atoms with Gasteiger partial charge in [-0.3, -0.25) is 4.79 Å². The highest BCUT2D eigenvalue weighted by atomic mass is 16.5. The second kappa shape index (κ2) is 6.14. The molecule has 2 aromatic rings. The number of benzene rings is 1. The zero-order valence-electron chi connectivity index (χ0n) is 12.2. The van der Waals surface area contributed by atoms with E-state index in [1.165, 1.54) is 0 Å². The maximum absolute atomic E-state index is 12.4. The highest BCUT2D eigenvalue weighted by molar-refractivity contribution is 5.94. The van der Waals surface area contributed by atoms with Crippen molar-refractivity contribution in [3.63, 3.8) is 0 Å². The maximum atomic E-state index is 12.4. The summed E-state index contributed by atoms with van der Waals surface area (Å²) in [5, 5.41) is 0. The number of aromatic nitrogens is 1. The summed E-state index contributed by atoms with van der Waals surface area (Å²) in [6, 6.07) is 11.6. The van der Waals surface area contributed by atoms with Gasteiger partial charge >= 0.3 is 0 Å². The van der Waals surface area contributed by atoms with Gasteiger partial charge in [0.2, 0.25) is 0 Å². The van der Waals surface area contributed by atoms with E-state index in [-0.39, 0.29) is 12.0 Å². The minimum Gasteiger partial charge on any atom is -0.376 e. The first-order chi connectivity index (χ1) is 10.2. The molecule has 0 saturated carbocycles. The van der Waals surface area contributed by atoms with Crippen LogP contribution in [-0.2, 0) is 4.74 Å². The fourth-order valence-corrected chi connectivity index (χ4v) is 2.68. The predicted molar refractivity (Wildman–Crippen MR) is 81.7 cm³/mol. The lowest BCUT2D eigenvalue weighted by Gasteiger charge is -2.21. The van der Waals surface area contributed by atoms with E-state index in [4.69, 9.17) is 4.74 Å². The fourth-order valence-electron chi connectivity index (χ4n) is 2.68. The minimum atomic E-state index is 0.0459. The molecule has 21 heavy (non-hydrogen) atoms. The smallest absolute Gasteiger partial charge is 0.253 e. The molecule has 0 radical (unpaired) electrons. The normalized spacial score (nSPS) is 17.9. The minimum absolute atomic E-state index is 0.0459. The van der Waals surface area contributed by atoms with Crippen molar-refractivity contribution >= 4 is 5.91 Å². The number of hydrogen-bond acceptors (Lipinski definition) is 2. The number of hydrogen-bond donors (Lipinski definition) is 0. The lowest BCUT2D eigenvalue weighted by atomic mass is 10.1. The number of ether oxygens (including phenoxy) is 1. The lowest BCUT2D eigenvalue weighted by Crippen LogP contribution is -2.34. The van der Waals surface area contributed by atoms with Crippen molar-refractivity contribution in [2.45, 2.75) is 18.9 Å². The van der Waals surface area contributed by atoms with Crippen LogP contribution >= 0.6 is 0 Å². The second-order valence-electron chi connectivity index (χ2n) is 5.46. The zero-order valence-corrected chi connectivity index (χ0v) is 12.2. The van der Waals surface area contributed by atoms with E-state index in [9.17, 15) is 4.79 Å². The topological polar surface area (TPSA) is 34.5 Å². The first kappa shape index (κ1) is 13.9. The molecule has 1 aliphatic rings. The Labute approximate surface area is 124 Å². The molecule has 0 bridgehead atoms. The van der Waals surface area contributed by atoms with E-state index in [1.807, 2.05) is 60.4 Å². The third-order valence-corrected chi connectivity index (χ3v) is 3.87. The maximum Gasteiger partial charge on any atom is 0.253 e. The Kier molecular flexibility index (Phi) is 4.06. The summed E-state index contributed by atoms with van der Waals surface area (Å²) in [5.74, 6) is 0.0459. The molecule has 4 heteroatoms. The highest BCUT2D eigenvalue weighted by Gasteiger charge is 2.20. The Hall–Kier alpha value is -2.07. The Morgan fingerprint density at radius 3 is 2.62 bits per heavy atom. The van der Waals surface area contributed by atoms with Crippen molar-refractivity contribution < 1.29 is 9.53 Å². The van der Waals surface area contributed by atoms with Gasteiger partial charge in [-0.05, 0) is 49.2 Å².